The van der Waals surface area contributed by atoms with E-state index >= 15 is 0 Å². The van der Waals surface area contributed by atoms with Gasteiger partial charge in [-0.1, -0.05) is 107 Å². The minimum Gasteiger partial charge on any atom is -1.00 e. The molecule has 0 unspecified atom stereocenters. The minimum atomic E-state index is -4.68. The molecule has 0 aromatic heterocycles. The quantitative estimate of drug-likeness (QED) is 0.226. The van der Waals surface area contributed by atoms with E-state index in [4.69, 9.17) is 9.05 Å². The summed E-state index contributed by atoms with van der Waals surface area (Å²) in [5, 5.41) is 0. The maximum atomic E-state index is 13.3. The number of phosphoric ester groups is 1. The molecule has 190 valence electrons. The summed E-state index contributed by atoms with van der Waals surface area (Å²) in [6, 6.07) is 8.40. The van der Waals surface area contributed by atoms with Gasteiger partial charge in [0.05, 0.1) is 0 Å². The van der Waals surface area contributed by atoms with Gasteiger partial charge in [0.25, 0.3) is 0 Å². The second kappa shape index (κ2) is 9.84. The predicted molar refractivity (Wildman–Crippen MR) is 146 cm³/mol. The van der Waals surface area contributed by atoms with Crippen LogP contribution in [0.3, 0.4) is 0 Å². The second-order valence-electron chi connectivity index (χ2n) is 13.8. The van der Waals surface area contributed by atoms with E-state index in [1.807, 2.05) is 0 Å². The zero-order chi connectivity index (χ0) is 26.1. The molecular weight excluding hydrogens is 581 g/mol. The molecule has 0 N–H and O–H groups in total. The Hall–Kier alpha value is -0.199. The molecule has 0 saturated heterocycles. The predicted octanol–water partition coefficient (Wildman–Crippen LogP) is 7.44. The van der Waals surface area contributed by atoms with Crippen molar-refractivity contribution in [3.8, 4) is 11.5 Å². The first-order chi connectivity index (χ1) is 15.1. The van der Waals surface area contributed by atoms with Gasteiger partial charge in [0.1, 0.15) is 11.5 Å². The molecule has 1 aliphatic heterocycles. The van der Waals surface area contributed by atoms with Crippen molar-refractivity contribution < 1.29 is 19.9 Å². The molecular formula is C29H43BaO4P. The summed E-state index contributed by atoms with van der Waals surface area (Å²) in [6.45, 7) is 25.5. The number of hydrogen-bond donors (Lipinski definition) is 0. The summed E-state index contributed by atoms with van der Waals surface area (Å²) in [5.41, 5.74) is 5.02. The number of phosphoric acid groups is 1. The third-order valence-electron chi connectivity index (χ3n) is 6.47. The molecule has 1 heterocycles. The summed E-state index contributed by atoms with van der Waals surface area (Å²) in [5.74, 6) is 0.811. The minimum absolute atomic E-state index is 0. The van der Waals surface area contributed by atoms with Crippen LogP contribution in [0.5, 0.6) is 11.5 Å². The van der Waals surface area contributed by atoms with Crippen LogP contribution < -0.4 is 13.9 Å². The van der Waals surface area contributed by atoms with Gasteiger partial charge in [-0.05, 0) is 43.9 Å². The number of fused-ring (bicyclic) bond motifs is 2. The smallest absolute Gasteiger partial charge is 1.00 e. The molecule has 0 amide bonds. The normalized spacial score (nSPS) is 16.0. The Morgan fingerprint density at radius 1 is 0.657 bits per heavy atom. The van der Waals surface area contributed by atoms with Crippen molar-refractivity contribution in [2.24, 2.45) is 0 Å². The summed E-state index contributed by atoms with van der Waals surface area (Å²) in [4.78, 5) is 13.3. The molecule has 6 heteroatoms. The fourth-order valence-corrected chi connectivity index (χ4v) is 5.20. The monoisotopic (exact) mass is 624 g/mol. The molecule has 0 atom stereocenters. The van der Waals surface area contributed by atoms with E-state index in [9.17, 15) is 9.46 Å². The van der Waals surface area contributed by atoms with Gasteiger partial charge in [-0.2, -0.15) is 0 Å². The molecule has 35 heavy (non-hydrogen) atoms. The van der Waals surface area contributed by atoms with Crippen molar-refractivity contribution in [3.05, 3.63) is 57.6 Å². The third kappa shape index (κ3) is 7.02. The van der Waals surface area contributed by atoms with Crippen LogP contribution >= 0.6 is 7.82 Å². The molecule has 0 saturated carbocycles. The van der Waals surface area contributed by atoms with Crippen molar-refractivity contribution in [1.82, 2.24) is 0 Å². The van der Waals surface area contributed by atoms with Crippen LogP contribution in [0.25, 0.3) is 0 Å². The first-order valence-electron chi connectivity index (χ1n) is 12.2. The molecule has 0 bridgehead atoms. The van der Waals surface area contributed by atoms with Crippen molar-refractivity contribution in [3.63, 3.8) is 0 Å². The van der Waals surface area contributed by atoms with Gasteiger partial charge < -0.3 is 15.4 Å². The molecule has 4 nitrogen and oxygen atoms in total. The Kier molecular flexibility index (Phi) is 8.72. The maximum Gasteiger partial charge on any atom is 2.00 e. The van der Waals surface area contributed by atoms with Crippen LogP contribution in [-0.4, -0.2) is 48.9 Å². The number of rotatable bonds is 0. The van der Waals surface area contributed by atoms with Gasteiger partial charge in [0, 0.05) is 17.5 Å². The van der Waals surface area contributed by atoms with E-state index in [2.05, 4.69) is 107 Å². The van der Waals surface area contributed by atoms with E-state index in [-0.39, 0.29) is 72.0 Å². The van der Waals surface area contributed by atoms with Gasteiger partial charge >= 0.3 is 56.7 Å². The van der Waals surface area contributed by atoms with Gasteiger partial charge in [0.15, 0.2) is 0 Å². The molecule has 0 radical (unpaired) electrons. The summed E-state index contributed by atoms with van der Waals surface area (Å²) in [6.07, 6.45) is 0.532. The zero-order valence-corrected chi connectivity index (χ0v) is 29.1. The maximum absolute atomic E-state index is 13.3. The fourth-order valence-electron chi connectivity index (χ4n) is 4.28. The largest absolute Gasteiger partial charge is 2.00 e. The van der Waals surface area contributed by atoms with E-state index in [1.165, 1.54) is 0 Å². The summed E-state index contributed by atoms with van der Waals surface area (Å²) < 4.78 is 24.8. The average molecular weight is 624 g/mol. The van der Waals surface area contributed by atoms with Crippen LogP contribution in [0.15, 0.2) is 24.3 Å². The van der Waals surface area contributed by atoms with Crippen LogP contribution in [0, 0.1) is 0 Å². The van der Waals surface area contributed by atoms with Crippen molar-refractivity contribution in [2.45, 2.75) is 111 Å². The number of benzene rings is 2. The topological polar surface area (TPSA) is 58.6 Å². The first-order valence-corrected chi connectivity index (χ1v) is 13.6. The number of hydrogen-bond acceptors (Lipinski definition) is 4. The molecule has 0 aliphatic carbocycles. The second-order valence-corrected chi connectivity index (χ2v) is 15.1. The van der Waals surface area contributed by atoms with Crippen LogP contribution in [0.4, 0.5) is 0 Å². The van der Waals surface area contributed by atoms with E-state index in [1.54, 1.807) is 0 Å². The molecule has 1 aliphatic rings. The molecule has 0 fully saturated rings. The average Bonchev–Trinajstić information content (AvgIpc) is 2.58. The first kappa shape index (κ1) is 31.0. The Labute approximate surface area is 254 Å². The zero-order valence-electron chi connectivity index (χ0n) is 24.8. The SMILES string of the molecule is CC(C)(C)c1cc2c(c(C(C)(C)C)c1)OP(=O)([O-])Oc1c(cc(C(C)(C)C)cc1C(C)(C)C)C2.[Ba+2].[H-]. The van der Waals surface area contributed by atoms with Crippen molar-refractivity contribution >= 4 is 56.7 Å². The summed E-state index contributed by atoms with van der Waals surface area (Å²) >= 11 is 0. The van der Waals surface area contributed by atoms with Gasteiger partial charge in [-0.25, -0.2) is 4.57 Å². The molecule has 2 aromatic rings. The van der Waals surface area contributed by atoms with Crippen LogP contribution in [0.1, 0.15) is 118 Å². The van der Waals surface area contributed by atoms with Gasteiger partial charge in [-0.3, -0.25) is 0 Å². The Morgan fingerprint density at radius 3 is 1.23 bits per heavy atom. The van der Waals surface area contributed by atoms with Crippen molar-refractivity contribution in [2.75, 3.05) is 0 Å². The van der Waals surface area contributed by atoms with Crippen molar-refractivity contribution in [1.29, 1.82) is 0 Å². The fraction of sp³-hybridized carbons (Fsp3) is 0.586. The molecule has 0 spiro atoms. The van der Waals surface area contributed by atoms with Gasteiger partial charge in [-0.15, -0.1) is 0 Å². The molecule has 2 aromatic carbocycles. The third-order valence-corrected chi connectivity index (χ3v) is 7.28. The van der Waals surface area contributed by atoms with Gasteiger partial charge in [0.2, 0.25) is 0 Å². The van der Waals surface area contributed by atoms with E-state index in [0.29, 0.717) is 17.9 Å². The standard InChI is InChI=1S/C29H43O4P.Ba.H/c1-26(2,3)20-14-18-13-19-15-21(27(4,5)6)17-23(29(10,11)12)25(19)33-34(30,31)32-24(18)22(16-20)28(7,8)9;;/h14-17H,13H2,1-12H3,(H,30,31);;/q;+2;-1/p-1. The van der Waals surface area contributed by atoms with E-state index in [0.717, 1.165) is 33.4 Å². The summed E-state index contributed by atoms with van der Waals surface area (Å²) in [7, 11) is -4.68. The van der Waals surface area contributed by atoms with Crippen LogP contribution in [0.2, 0.25) is 0 Å². The Bertz CT molecular complexity index is 1070. The van der Waals surface area contributed by atoms with Crippen LogP contribution in [-0.2, 0) is 32.6 Å². The Morgan fingerprint density at radius 2 is 0.971 bits per heavy atom. The Balaban J connectivity index is 0.00000324. The molecule has 3 rings (SSSR count). The van der Waals surface area contributed by atoms with E-state index < -0.39 is 7.82 Å².